The number of hydrogen-bond acceptors (Lipinski definition) is 7. The molecule has 200 valence electrons. The van der Waals surface area contributed by atoms with E-state index in [2.05, 4.69) is 18.7 Å². The minimum absolute atomic E-state index is 0.0281. The second-order valence-corrected chi connectivity index (χ2v) is 8.97. The van der Waals surface area contributed by atoms with Gasteiger partial charge in [-0.2, -0.15) is 0 Å². The fourth-order valence-electron chi connectivity index (χ4n) is 4.57. The number of carbonyl (C=O) groups excluding carboxylic acids is 2. The molecule has 0 bridgehead atoms. The van der Waals surface area contributed by atoms with Gasteiger partial charge in [0.2, 0.25) is 0 Å². The van der Waals surface area contributed by atoms with E-state index in [-0.39, 0.29) is 16.4 Å². The predicted octanol–water partition coefficient (Wildman–Crippen LogP) is 4.91. The molecule has 8 nitrogen and oxygen atoms in total. The molecule has 9 heteroatoms. The van der Waals surface area contributed by atoms with Crippen molar-refractivity contribution >= 4 is 29.1 Å². The fraction of sp³-hybridized carbons (Fsp3) is 0.429. The van der Waals surface area contributed by atoms with Crippen molar-refractivity contribution < 1.29 is 28.9 Å². The summed E-state index contributed by atoms with van der Waals surface area (Å²) in [6.07, 6.45) is 0.659. The molecule has 1 amide bonds. The largest absolute Gasteiger partial charge is 0.507 e. The van der Waals surface area contributed by atoms with Crippen molar-refractivity contribution in [3.8, 4) is 17.2 Å². The smallest absolute Gasteiger partial charge is 0.295 e. The number of nitrogens with zero attached hydrogens (tertiary/aromatic N) is 2. The van der Waals surface area contributed by atoms with E-state index in [1.807, 2.05) is 6.92 Å². The normalized spacial score (nSPS) is 16.9. The summed E-state index contributed by atoms with van der Waals surface area (Å²) in [5.41, 5.74) is 0.823. The van der Waals surface area contributed by atoms with Gasteiger partial charge in [0, 0.05) is 17.7 Å². The standard InChI is InChI=1S/C28H35ClN2O6/c1-6-30(7-2)14-9-15-31-25(20-17-19(35-4)11-13-22(20)36-5)24(27(33)28(31)34)26(32)18-10-12-23(37-8-3)21(29)16-18/h10-13,16-17,25,32H,6-9,14-15H2,1-5H3/b26-24-. The maximum atomic E-state index is 13.4. The maximum Gasteiger partial charge on any atom is 0.295 e. The zero-order valence-electron chi connectivity index (χ0n) is 22.0. The van der Waals surface area contributed by atoms with Crippen LogP contribution in [0.5, 0.6) is 17.2 Å². The molecule has 1 heterocycles. The number of rotatable bonds is 12. The van der Waals surface area contributed by atoms with Gasteiger partial charge in [-0.25, -0.2) is 0 Å². The van der Waals surface area contributed by atoms with E-state index in [9.17, 15) is 14.7 Å². The molecule has 0 radical (unpaired) electrons. The minimum atomic E-state index is -0.868. The Labute approximate surface area is 223 Å². The molecule has 0 aliphatic carbocycles. The summed E-state index contributed by atoms with van der Waals surface area (Å²) in [7, 11) is 3.05. The third kappa shape index (κ3) is 6.02. The molecule has 1 fully saturated rings. The van der Waals surface area contributed by atoms with Crippen LogP contribution in [-0.2, 0) is 9.59 Å². The maximum absolute atomic E-state index is 13.4. The van der Waals surface area contributed by atoms with Crippen LogP contribution in [0.2, 0.25) is 5.02 Å². The van der Waals surface area contributed by atoms with Crippen molar-refractivity contribution in [2.24, 2.45) is 0 Å². The third-order valence-corrected chi connectivity index (χ3v) is 6.84. The van der Waals surface area contributed by atoms with Gasteiger partial charge in [-0.1, -0.05) is 25.4 Å². The van der Waals surface area contributed by atoms with Crippen LogP contribution in [0, 0.1) is 0 Å². The van der Waals surface area contributed by atoms with Gasteiger partial charge in [-0.15, -0.1) is 0 Å². The SMILES string of the molecule is CCOc1ccc(/C(O)=C2/C(=O)C(=O)N(CCCN(CC)CC)C2c2cc(OC)ccc2OC)cc1Cl. The summed E-state index contributed by atoms with van der Waals surface area (Å²) < 4.78 is 16.5. The number of benzene rings is 2. The van der Waals surface area contributed by atoms with Crippen LogP contribution in [0.1, 0.15) is 44.4 Å². The number of ether oxygens (including phenoxy) is 3. The van der Waals surface area contributed by atoms with E-state index in [0.29, 0.717) is 47.9 Å². The lowest BCUT2D eigenvalue weighted by atomic mass is 9.94. The lowest BCUT2D eigenvalue weighted by Gasteiger charge is -2.28. The summed E-state index contributed by atoms with van der Waals surface area (Å²) in [6.45, 7) is 9.31. The molecule has 1 N–H and O–H groups in total. The topological polar surface area (TPSA) is 88.5 Å². The lowest BCUT2D eigenvalue weighted by Crippen LogP contribution is -2.33. The molecular formula is C28H35ClN2O6. The van der Waals surface area contributed by atoms with Gasteiger partial charge in [-0.05, 0) is 69.4 Å². The molecule has 3 rings (SSSR count). The lowest BCUT2D eigenvalue weighted by molar-refractivity contribution is -0.140. The molecule has 1 aliphatic rings. The van der Waals surface area contributed by atoms with Crippen LogP contribution in [0.3, 0.4) is 0 Å². The molecule has 1 atom stereocenters. The van der Waals surface area contributed by atoms with Crippen molar-refractivity contribution in [2.75, 3.05) is 47.0 Å². The fourth-order valence-corrected chi connectivity index (χ4v) is 4.80. The van der Waals surface area contributed by atoms with Crippen LogP contribution in [-0.4, -0.2) is 73.6 Å². The number of carbonyl (C=O) groups is 2. The van der Waals surface area contributed by atoms with E-state index in [1.165, 1.54) is 25.2 Å². The zero-order chi connectivity index (χ0) is 27.1. The molecule has 1 saturated heterocycles. The quantitative estimate of drug-likeness (QED) is 0.237. The molecule has 0 spiro atoms. The first-order valence-corrected chi connectivity index (χ1v) is 12.8. The number of aliphatic hydroxyl groups excluding tert-OH is 1. The molecular weight excluding hydrogens is 496 g/mol. The Bertz CT molecular complexity index is 1160. The van der Waals surface area contributed by atoms with Gasteiger partial charge >= 0.3 is 0 Å². The van der Waals surface area contributed by atoms with Crippen LogP contribution in [0.15, 0.2) is 42.0 Å². The van der Waals surface area contributed by atoms with Gasteiger partial charge in [0.1, 0.15) is 23.0 Å². The highest BCUT2D eigenvalue weighted by Gasteiger charge is 2.47. The van der Waals surface area contributed by atoms with Gasteiger partial charge < -0.3 is 29.1 Å². The van der Waals surface area contributed by atoms with Crippen LogP contribution in [0.4, 0.5) is 0 Å². The van der Waals surface area contributed by atoms with E-state index in [1.54, 1.807) is 30.3 Å². The van der Waals surface area contributed by atoms with Gasteiger partial charge in [0.25, 0.3) is 11.7 Å². The number of likely N-dealkylation sites (tertiary alicyclic amines) is 1. The van der Waals surface area contributed by atoms with Crippen molar-refractivity contribution in [1.82, 2.24) is 9.80 Å². The Morgan fingerprint density at radius 1 is 1.03 bits per heavy atom. The van der Waals surface area contributed by atoms with Crippen molar-refractivity contribution in [3.63, 3.8) is 0 Å². The molecule has 2 aromatic rings. The summed E-state index contributed by atoms with van der Waals surface area (Å²) >= 11 is 6.36. The van der Waals surface area contributed by atoms with E-state index in [0.717, 1.165) is 19.6 Å². The molecule has 1 aliphatic heterocycles. The van der Waals surface area contributed by atoms with Crippen LogP contribution < -0.4 is 14.2 Å². The Hall–Kier alpha value is -3.23. The van der Waals surface area contributed by atoms with Crippen LogP contribution >= 0.6 is 11.6 Å². The Balaban J connectivity index is 2.14. The highest BCUT2D eigenvalue weighted by Crippen LogP contribution is 2.44. The first-order valence-electron chi connectivity index (χ1n) is 12.5. The highest BCUT2D eigenvalue weighted by molar-refractivity contribution is 6.46. The third-order valence-electron chi connectivity index (χ3n) is 6.54. The van der Waals surface area contributed by atoms with Gasteiger partial charge in [0.05, 0.1) is 37.5 Å². The number of halogens is 1. The number of aliphatic hydroxyl groups is 1. The molecule has 0 aromatic heterocycles. The summed E-state index contributed by atoms with van der Waals surface area (Å²) in [5.74, 6) is -0.285. The summed E-state index contributed by atoms with van der Waals surface area (Å²) in [4.78, 5) is 30.4. The van der Waals surface area contributed by atoms with E-state index < -0.39 is 17.7 Å². The highest BCUT2D eigenvalue weighted by atomic mass is 35.5. The minimum Gasteiger partial charge on any atom is -0.507 e. The van der Waals surface area contributed by atoms with Gasteiger partial charge in [-0.3, -0.25) is 9.59 Å². The predicted molar refractivity (Wildman–Crippen MR) is 144 cm³/mol. The molecule has 1 unspecified atom stereocenters. The second-order valence-electron chi connectivity index (χ2n) is 8.56. The second kappa shape index (κ2) is 12.8. The summed E-state index contributed by atoms with van der Waals surface area (Å²) in [6, 6.07) is 9.08. The van der Waals surface area contributed by atoms with Gasteiger partial charge in [0.15, 0.2) is 0 Å². The Kier molecular flexibility index (Phi) is 9.83. The van der Waals surface area contributed by atoms with E-state index in [4.69, 9.17) is 25.8 Å². The Morgan fingerprint density at radius 2 is 1.73 bits per heavy atom. The monoisotopic (exact) mass is 530 g/mol. The number of methoxy groups -OCH3 is 2. The van der Waals surface area contributed by atoms with Crippen LogP contribution in [0.25, 0.3) is 5.76 Å². The molecule has 37 heavy (non-hydrogen) atoms. The average Bonchev–Trinajstić information content (AvgIpc) is 3.16. The summed E-state index contributed by atoms with van der Waals surface area (Å²) in [5, 5.41) is 11.7. The number of amides is 1. The first-order chi connectivity index (χ1) is 17.8. The average molecular weight is 531 g/mol. The number of hydrogen-bond donors (Lipinski definition) is 1. The number of ketones is 1. The first kappa shape index (κ1) is 28.3. The number of Topliss-reactive ketones (excluding diaryl/α,β-unsaturated/α-hetero) is 1. The zero-order valence-corrected chi connectivity index (χ0v) is 22.8. The molecule has 0 saturated carbocycles. The van der Waals surface area contributed by atoms with Crippen molar-refractivity contribution in [3.05, 3.63) is 58.1 Å². The van der Waals surface area contributed by atoms with Crippen molar-refractivity contribution in [1.29, 1.82) is 0 Å². The Morgan fingerprint density at radius 3 is 2.32 bits per heavy atom. The van der Waals surface area contributed by atoms with Crippen molar-refractivity contribution in [2.45, 2.75) is 33.2 Å². The van der Waals surface area contributed by atoms with E-state index >= 15 is 0 Å². The molecule has 2 aromatic carbocycles.